The molecule has 7 nitrogen and oxygen atoms in total. The summed E-state index contributed by atoms with van der Waals surface area (Å²) in [6, 6.07) is 2.03. The molecule has 25 heavy (non-hydrogen) atoms. The Hall–Kier alpha value is -1.60. The van der Waals surface area contributed by atoms with Crippen LogP contribution >= 0.6 is 0 Å². The fraction of sp³-hybridized carbons (Fsp3) is 0.778. The Bertz CT molecular complexity index is 534. The van der Waals surface area contributed by atoms with Crippen molar-refractivity contribution in [2.45, 2.75) is 57.6 Å². The molecule has 0 aromatic carbocycles. The Morgan fingerprint density at radius 2 is 2.04 bits per heavy atom. The van der Waals surface area contributed by atoms with Crippen LogP contribution in [0.25, 0.3) is 0 Å². The second-order valence-electron chi connectivity index (χ2n) is 6.51. The van der Waals surface area contributed by atoms with E-state index in [9.17, 15) is 0 Å². The molecule has 1 fully saturated rings. The first kappa shape index (κ1) is 19.7. The molecule has 1 aliphatic rings. The highest BCUT2D eigenvalue weighted by Gasteiger charge is 2.32. The van der Waals surface area contributed by atoms with Gasteiger partial charge in [0.05, 0.1) is 17.8 Å². The molecule has 0 amide bonds. The Morgan fingerprint density at radius 3 is 2.64 bits per heavy atom. The molecule has 0 saturated carbocycles. The highest BCUT2D eigenvalue weighted by atomic mass is 16.5. The second kappa shape index (κ2) is 9.77. The summed E-state index contributed by atoms with van der Waals surface area (Å²) in [4.78, 5) is 4.27. The number of hydrogen-bond donors (Lipinski definition) is 2. The molecule has 0 radical (unpaired) electrons. The van der Waals surface area contributed by atoms with E-state index in [1.807, 2.05) is 6.07 Å². The van der Waals surface area contributed by atoms with Gasteiger partial charge in [-0.05, 0) is 12.8 Å². The monoisotopic (exact) mass is 352 g/mol. The fourth-order valence-corrected chi connectivity index (χ4v) is 3.14. The molecule has 2 heterocycles. The normalized spacial score (nSPS) is 17.7. The summed E-state index contributed by atoms with van der Waals surface area (Å²) < 4.78 is 16.6. The second-order valence-corrected chi connectivity index (χ2v) is 6.51. The van der Waals surface area contributed by atoms with Gasteiger partial charge in [-0.25, -0.2) is 0 Å². The summed E-state index contributed by atoms with van der Waals surface area (Å²) in [5.74, 6) is 2.01. The van der Waals surface area contributed by atoms with E-state index in [1.54, 1.807) is 14.2 Å². The smallest absolute Gasteiger partial charge is 0.191 e. The quantitative estimate of drug-likeness (QED) is 0.552. The number of guanidine groups is 1. The average Bonchev–Trinajstić information content (AvgIpc) is 3.12. The third kappa shape index (κ3) is 5.44. The van der Waals surface area contributed by atoms with E-state index in [4.69, 9.17) is 14.0 Å². The molecule has 1 aromatic rings. The summed E-state index contributed by atoms with van der Waals surface area (Å²) in [5.41, 5.74) is 0.843. The largest absolute Gasteiger partial charge is 0.381 e. The van der Waals surface area contributed by atoms with Gasteiger partial charge in [0.2, 0.25) is 0 Å². The van der Waals surface area contributed by atoms with E-state index in [0.29, 0.717) is 19.0 Å². The van der Waals surface area contributed by atoms with Crippen LogP contribution in [0.4, 0.5) is 0 Å². The summed E-state index contributed by atoms with van der Waals surface area (Å²) >= 11 is 0. The van der Waals surface area contributed by atoms with E-state index in [-0.39, 0.29) is 5.60 Å². The molecular weight excluding hydrogens is 320 g/mol. The van der Waals surface area contributed by atoms with Crippen molar-refractivity contribution in [1.82, 2.24) is 15.8 Å². The average molecular weight is 352 g/mol. The highest BCUT2D eigenvalue weighted by molar-refractivity contribution is 5.79. The maximum atomic E-state index is 5.74. The molecule has 1 aromatic heterocycles. The van der Waals surface area contributed by atoms with Gasteiger partial charge in [-0.1, -0.05) is 19.0 Å². The van der Waals surface area contributed by atoms with Crippen LogP contribution in [0.2, 0.25) is 0 Å². The molecule has 7 heteroatoms. The van der Waals surface area contributed by atoms with Gasteiger partial charge in [-0.3, -0.25) is 4.99 Å². The van der Waals surface area contributed by atoms with E-state index in [2.05, 4.69) is 34.6 Å². The van der Waals surface area contributed by atoms with Crippen LogP contribution in [-0.4, -0.2) is 50.6 Å². The highest BCUT2D eigenvalue weighted by Crippen LogP contribution is 2.24. The van der Waals surface area contributed by atoms with Crippen LogP contribution in [-0.2, 0) is 16.0 Å². The molecule has 0 unspecified atom stereocenters. The molecule has 2 rings (SSSR count). The van der Waals surface area contributed by atoms with Crippen molar-refractivity contribution in [2.24, 2.45) is 4.99 Å². The topological polar surface area (TPSA) is 80.9 Å². The number of ether oxygens (including phenoxy) is 2. The lowest BCUT2D eigenvalue weighted by Gasteiger charge is -2.36. The van der Waals surface area contributed by atoms with E-state index < -0.39 is 0 Å². The zero-order valence-electron chi connectivity index (χ0n) is 15.9. The first-order chi connectivity index (χ1) is 12.2. The number of aromatic nitrogens is 1. The number of nitrogens with zero attached hydrogens (tertiary/aromatic N) is 2. The summed E-state index contributed by atoms with van der Waals surface area (Å²) in [7, 11) is 3.52. The van der Waals surface area contributed by atoms with Gasteiger partial charge in [0.25, 0.3) is 0 Å². The third-order valence-corrected chi connectivity index (χ3v) is 5.05. The fourth-order valence-electron chi connectivity index (χ4n) is 3.14. The lowest BCUT2D eigenvalue weighted by molar-refractivity contribution is -0.0855. The van der Waals surface area contributed by atoms with Crippen LogP contribution in [0.5, 0.6) is 0 Å². The number of nitrogens with one attached hydrogen (secondary N) is 2. The van der Waals surface area contributed by atoms with Gasteiger partial charge in [0, 0.05) is 58.7 Å². The van der Waals surface area contributed by atoms with Crippen molar-refractivity contribution in [3.63, 3.8) is 0 Å². The van der Waals surface area contributed by atoms with Crippen molar-refractivity contribution < 1.29 is 14.0 Å². The maximum Gasteiger partial charge on any atom is 0.191 e. The molecule has 0 atom stereocenters. The van der Waals surface area contributed by atoms with E-state index in [1.165, 1.54) is 0 Å². The predicted octanol–water partition coefficient (Wildman–Crippen LogP) is 2.44. The number of methoxy groups -OCH3 is 1. The van der Waals surface area contributed by atoms with E-state index in [0.717, 1.165) is 56.3 Å². The summed E-state index contributed by atoms with van der Waals surface area (Å²) in [6.45, 7) is 7.07. The van der Waals surface area contributed by atoms with Gasteiger partial charge < -0.3 is 24.6 Å². The molecule has 142 valence electrons. The first-order valence-electron chi connectivity index (χ1n) is 9.19. The van der Waals surface area contributed by atoms with Gasteiger partial charge in [0.1, 0.15) is 0 Å². The van der Waals surface area contributed by atoms with Crippen molar-refractivity contribution in [2.75, 3.05) is 33.9 Å². The molecule has 0 bridgehead atoms. The van der Waals surface area contributed by atoms with Gasteiger partial charge in [-0.15, -0.1) is 0 Å². The van der Waals surface area contributed by atoms with E-state index >= 15 is 0 Å². The van der Waals surface area contributed by atoms with Gasteiger partial charge >= 0.3 is 0 Å². The summed E-state index contributed by atoms with van der Waals surface area (Å²) in [5, 5.41) is 10.8. The Balaban J connectivity index is 1.84. The molecule has 1 saturated heterocycles. The van der Waals surface area contributed by atoms with Crippen LogP contribution in [0.15, 0.2) is 15.6 Å². The van der Waals surface area contributed by atoms with Crippen LogP contribution in [0.3, 0.4) is 0 Å². The zero-order valence-corrected chi connectivity index (χ0v) is 15.9. The summed E-state index contributed by atoms with van der Waals surface area (Å²) in [6.07, 6.45) is 3.91. The molecule has 1 aliphatic heterocycles. The van der Waals surface area contributed by atoms with Crippen molar-refractivity contribution in [3.05, 3.63) is 17.5 Å². The van der Waals surface area contributed by atoms with Crippen LogP contribution in [0, 0.1) is 0 Å². The van der Waals surface area contributed by atoms with Crippen molar-refractivity contribution in [3.8, 4) is 0 Å². The minimum absolute atomic E-state index is 0.190. The zero-order chi connectivity index (χ0) is 18.1. The Kier molecular flexibility index (Phi) is 7.71. The standard InChI is InChI=1S/C18H32N4O3/c1-5-14(6-2)16-11-15(25-22-16)12-20-17(19-3)21-13-18(23-4)7-9-24-10-8-18/h11,14H,5-10,12-13H2,1-4H3,(H2,19,20,21). The Morgan fingerprint density at radius 1 is 1.32 bits per heavy atom. The molecular formula is C18H32N4O3. The number of hydrogen-bond acceptors (Lipinski definition) is 5. The van der Waals surface area contributed by atoms with Gasteiger partial charge in [0.15, 0.2) is 11.7 Å². The third-order valence-electron chi connectivity index (χ3n) is 5.05. The lowest BCUT2D eigenvalue weighted by Crippen LogP contribution is -2.50. The molecule has 0 spiro atoms. The predicted molar refractivity (Wildman–Crippen MR) is 97.8 cm³/mol. The molecule has 0 aliphatic carbocycles. The number of rotatable bonds is 8. The SMILES string of the molecule is CCC(CC)c1cc(CNC(=NC)NCC2(OC)CCOCC2)on1. The van der Waals surface area contributed by atoms with Crippen molar-refractivity contribution >= 4 is 5.96 Å². The van der Waals surface area contributed by atoms with Crippen LogP contribution in [0.1, 0.15) is 56.9 Å². The first-order valence-corrected chi connectivity index (χ1v) is 9.19. The van der Waals surface area contributed by atoms with Crippen molar-refractivity contribution in [1.29, 1.82) is 0 Å². The molecule has 2 N–H and O–H groups in total. The number of aliphatic imine (C=N–C) groups is 1. The maximum absolute atomic E-state index is 5.74. The van der Waals surface area contributed by atoms with Gasteiger partial charge in [-0.2, -0.15) is 0 Å². The lowest BCUT2D eigenvalue weighted by atomic mass is 9.94. The minimum Gasteiger partial charge on any atom is -0.381 e. The van der Waals surface area contributed by atoms with Crippen LogP contribution < -0.4 is 10.6 Å². The Labute approximate surface area is 150 Å². The minimum atomic E-state index is -0.190.